The molecule has 0 aliphatic carbocycles. The Balaban J connectivity index is 0.00000225. The number of aromatic carboxylic acids is 1. The predicted molar refractivity (Wildman–Crippen MR) is 104 cm³/mol. The summed E-state index contributed by atoms with van der Waals surface area (Å²) >= 11 is 1.83. The van der Waals surface area contributed by atoms with E-state index in [0.29, 0.717) is 12.2 Å². The van der Waals surface area contributed by atoms with Crippen molar-refractivity contribution in [1.82, 2.24) is 4.90 Å². The summed E-state index contributed by atoms with van der Waals surface area (Å²) < 4.78 is 5.95. The molecule has 1 heterocycles. The second-order valence-electron chi connectivity index (χ2n) is 6.10. The van der Waals surface area contributed by atoms with E-state index in [2.05, 4.69) is 31.1 Å². The third kappa shape index (κ3) is 4.48. The number of nitrogens with zero attached hydrogens (tertiary/aromatic N) is 1. The van der Waals surface area contributed by atoms with Crippen LogP contribution in [0.2, 0.25) is 0 Å². The molecule has 1 aliphatic heterocycles. The van der Waals surface area contributed by atoms with Crippen LogP contribution in [-0.4, -0.2) is 42.4 Å². The highest BCUT2D eigenvalue weighted by Crippen LogP contribution is 2.44. The zero-order valence-electron chi connectivity index (χ0n) is 14.3. The minimum atomic E-state index is -0.910. The lowest BCUT2D eigenvalue weighted by molar-refractivity contribution is 0.0696. The van der Waals surface area contributed by atoms with Crippen molar-refractivity contribution in [2.45, 2.75) is 11.9 Å². The molecular weight excluding hydrogens is 358 g/mol. The van der Waals surface area contributed by atoms with Gasteiger partial charge in [-0.15, -0.1) is 24.2 Å². The van der Waals surface area contributed by atoms with Crippen molar-refractivity contribution < 1.29 is 14.6 Å². The number of halogens is 1. The number of ether oxygens (including phenoxy) is 1. The molecule has 0 fully saturated rings. The number of fused-ring (bicyclic) bond motifs is 2. The number of carbonyl (C=O) groups is 1. The fourth-order valence-electron chi connectivity index (χ4n) is 2.79. The second-order valence-corrected chi connectivity index (χ2v) is 7.31. The maximum absolute atomic E-state index is 11.4. The molecule has 3 rings (SSSR count). The highest BCUT2D eigenvalue weighted by Gasteiger charge is 2.26. The lowest BCUT2D eigenvalue weighted by Crippen LogP contribution is -2.15. The minimum absolute atomic E-state index is 0. The van der Waals surface area contributed by atoms with Crippen molar-refractivity contribution >= 4 is 30.1 Å². The predicted octanol–water partition coefficient (Wildman–Crippen LogP) is 4.08. The molecule has 0 aromatic heterocycles. The lowest BCUT2D eigenvalue weighted by Gasteiger charge is -2.20. The summed E-state index contributed by atoms with van der Waals surface area (Å²) in [7, 11) is 4.11. The van der Waals surface area contributed by atoms with Crippen LogP contribution in [0.15, 0.2) is 42.5 Å². The monoisotopic (exact) mass is 379 g/mol. The zero-order chi connectivity index (χ0) is 17.1. The summed E-state index contributed by atoms with van der Waals surface area (Å²) in [6.45, 7) is 1.48. The zero-order valence-corrected chi connectivity index (χ0v) is 15.9. The Labute approximate surface area is 158 Å². The Morgan fingerprint density at radius 2 is 2.00 bits per heavy atom. The van der Waals surface area contributed by atoms with E-state index in [1.54, 1.807) is 18.2 Å². The Bertz CT molecular complexity index is 751. The molecule has 1 unspecified atom stereocenters. The first-order chi connectivity index (χ1) is 11.6. The van der Waals surface area contributed by atoms with Crippen LogP contribution in [0.3, 0.4) is 0 Å². The van der Waals surface area contributed by atoms with Crippen LogP contribution < -0.4 is 4.74 Å². The average molecular weight is 380 g/mol. The van der Waals surface area contributed by atoms with E-state index >= 15 is 0 Å². The van der Waals surface area contributed by atoms with Gasteiger partial charge in [-0.3, -0.25) is 0 Å². The van der Waals surface area contributed by atoms with Gasteiger partial charge >= 0.3 is 5.97 Å². The van der Waals surface area contributed by atoms with Crippen molar-refractivity contribution in [3.05, 3.63) is 64.7 Å². The Kier molecular flexibility index (Phi) is 6.76. The third-order valence-electron chi connectivity index (χ3n) is 4.08. The summed E-state index contributed by atoms with van der Waals surface area (Å²) in [4.78, 5) is 13.5. The smallest absolute Gasteiger partial charge is 0.335 e. The van der Waals surface area contributed by atoms with Crippen LogP contribution in [0, 0.1) is 0 Å². The van der Waals surface area contributed by atoms with Crippen LogP contribution >= 0.6 is 24.2 Å². The first kappa shape index (κ1) is 19.6. The van der Waals surface area contributed by atoms with Crippen LogP contribution in [0.25, 0.3) is 0 Å². The van der Waals surface area contributed by atoms with Crippen LogP contribution in [0.4, 0.5) is 0 Å². The number of thioether (sulfide) groups is 1. The van der Waals surface area contributed by atoms with E-state index in [1.807, 2.05) is 23.9 Å². The van der Waals surface area contributed by atoms with Crippen molar-refractivity contribution in [3.8, 4) is 5.75 Å². The van der Waals surface area contributed by atoms with E-state index in [9.17, 15) is 9.90 Å². The van der Waals surface area contributed by atoms with E-state index in [4.69, 9.17) is 4.74 Å². The molecule has 134 valence electrons. The van der Waals surface area contributed by atoms with Gasteiger partial charge in [-0.1, -0.05) is 24.3 Å². The van der Waals surface area contributed by atoms with Crippen molar-refractivity contribution in [2.75, 3.05) is 26.4 Å². The summed E-state index contributed by atoms with van der Waals surface area (Å²) in [6, 6.07) is 13.4. The molecular formula is C19H22ClNO3S. The Morgan fingerprint density at radius 3 is 2.72 bits per heavy atom. The molecule has 0 spiro atoms. The maximum atomic E-state index is 11.4. The SMILES string of the molecule is CN(C)CCSC1c2ccccc2COc2ccc(C(=O)O)cc21.Cl. The number of benzene rings is 2. The standard InChI is InChI=1S/C19H21NO3S.ClH/c1-20(2)9-10-24-18-15-6-4-3-5-14(15)12-23-17-8-7-13(19(21)22)11-16(17)18;/h3-8,11,18H,9-10,12H2,1-2H3,(H,21,22);1H. The molecule has 2 aromatic carbocycles. The van der Waals surface area contributed by atoms with Crippen molar-refractivity contribution in [2.24, 2.45) is 0 Å². The number of carboxylic acid groups (broad SMARTS) is 1. The lowest BCUT2D eigenvalue weighted by atomic mass is 9.98. The summed E-state index contributed by atoms with van der Waals surface area (Å²) in [5, 5.41) is 9.41. The number of carboxylic acids is 1. The first-order valence-electron chi connectivity index (χ1n) is 7.90. The van der Waals surface area contributed by atoms with Gasteiger partial charge in [-0.05, 0) is 43.4 Å². The van der Waals surface area contributed by atoms with Crippen molar-refractivity contribution in [1.29, 1.82) is 0 Å². The Hall–Kier alpha value is -1.69. The van der Waals surface area contributed by atoms with Gasteiger partial charge < -0.3 is 14.7 Å². The highest BCUT2D eigenvalue weighted by atomic mass is 35.5. The molecule has 4 nitrogen and oxygen atoms in total. The van der Waals surface area contributed by atoms with Gasteiger partial charge in [0.15, 0.2) is 0 Å². The molecule has 0 saturated carbocycles. The van der Waals surface area contributed by atoms with Gasteiger partial charge in [0.1, 0.15) is 12.4 Å². The topological polar surface area (TPSA) is 49.8 Å². The fourth-order valence-corrected chi connectivity index (χ4v) is 4.27. The first-order valence-corrected chi connectivity index (χ1v) is 8.95. The third-order valence-corrected chi connectivity index (χ3v) is 5.34. The molecule has 0 radical (unpaired) electrons. The second kappa shape index (κ2) is 8.61. The maximum Gasteiger partial charge on any atom is 0.335 e. The highest BCUT2D eigenvalue weighted by molar-refractivity contribution is 7.99. The Morgan fingerprint density at radius 1 is 1.24 bits per heavy atom. The van der Waals surface area contributed by atoms with Gasteiger partial charge in [0.2, 0.25) is 0 Å². The molecule has 0 saturated heterocycles. The van der Waals surface area contributed by atoms with Crippen LogP contribution in [0.1, 0.15) is 32.3 Å². The quantitative estimate of drug-likeness (QED) is 0.848. The minimum Gasteiger partial charge on any atom is -0.489 e. The molecule has 1 N–H and O–H groups in total. The number of hydrogen-bond donors (Lipinski definition) is 1. The largest absolute Gasteiger partial charge is 0.489 e. The normalized spacial score (nSPS) is 15.4. The van der Waals surface area contributed by atoms with Gasteiger partial charge in [-0.2, -0.15) is 0 Å². The van der Waals surface area contributed by atoms with E-state index in [0.717, 1.165) is 29.2 Å². The van der Waals surface area contributed by atoms with Gasteiger partial charge in [0.05, 0.1) is 10.8 Å². The molecule has 6 heteroatoms. The summed E-state index contributed by atoms with van der Waals surface area (Å²) in [5.41, 5.74) is 3.62. The van der Waals surface area contributed by atoms with Crippen LogP contribution in [0.5, 0.6) is 5.75 Å². The average Bonchev–Trinajstić information content (AvgIpc) is 2.71. The van der Waals surface area contributed by atoms with Crippen LogP contribution in [-0.2, 0) is 6.61 Å². The van der Waals surface area contributed by atoms with Gasteiger partial charge in [-0.25, -0.2) is 4.79 Å². The molecule has 0 amide bonds. The molecule has 0 bridgehead atoms. The number of hydrogen-bond acceptors (Lipinski definition) is 4. The molecule has 1 atom stereocenters. The van der Waals surface area contributed by atoms with Gasteiger partial charge in [0, 0.05) is 17.9 Å². The summed E-state index contributed by atoms with van der Waals surface area (Å²) in [6.07, 6.45) is 0. The number of rotatable bonds is 5. The molecule has 2 aromatic rings. The van der Waals surface area contributed by atoms with E-state index < -0.39 is 5.97 Å². The fraction of sp³-hybridized carbons (Fsp3) is 0.316. The molecule has 1 aliphatic rings. The molecule has 25 heavy (non-hydrogen) atoms. The van der Waals surface area contributed by atoms with Crippen molar-refractivity contribution in [3.63, 3.8) is 0 Å². The van der Waals surface area contributed by atoms with E-state index in [-0.39, 0.29) is 17.7 Å². The van der Waals surface area contributed by atoms with Gasteiger partial charge in [0.25, 0.3) is 0 Å². The summed E-state index contributed by atoms with van der Waals surface area (Å²) in [5.74, 6) is 0.828. The van der Waals surface area contributed by atoms with E-state index in [1.165, 1.54) is 5.56 Å².